The standard InChI is InChI=1S/C4H7F3N2S/c1-2(8)10-3(9)4(5,6)7/h2,9H,8H2,1H3. The van der Waals surface area contributed by atoms with Crippen LogP contribution in [0.1, 0.15) is 6.92 Å². The first-order valence-electron chi connectivity index (χ1n) is 2.42. The van der Waals surface area contributed by atoms with E-state index in [1.54, 1.807) is 0 Å². The second-order valence-electron chi connectivity index (χ2n) is 1.65. The van der Waals surface area contributed by atoms with Gasteiger partial charge in [0, 0.05) is 0 Å². The Morgan fingerprint density at radius 3 is 2.10 bits per heavy atom. The molecule has 0 aromatic rings. The molecule has 0 rings (SSSR count). The lowest BCUT2D eigenvalue weighted by Gasteiger charge is -2.08. The molecule has 0 aromatic heterocycles. The van der Waals surface area contributed by atoms with Crippen LogP contribution in [0.5, 0.6) is 0 Å². The highest BCUT2D eigenvalue weighted by atomic mass is 32.2. The molecule has 0 saturated carbocycles. The quantitative estimate of drug-likeness (QED) is 0.358. The average molecular weight is 172 g/mol. The average Bonchev–Trinajstić information content (AvgIpc) is 1.60. The highest BCUT2D eigenvalue weighted by Gasteiger charge is 2.35. The fraction of sp³-hybridized carbons (Fsp3) is 0.750. The molecule has 1 atom stereocenters. The monoisotopic (exact) mass is 172 g/mol. The van der Waals surface area contributed by atoms with Crippen molar-refractivity contribution in [2.45, 2.75) is 18.5 Å². The third kappa shape index (κ3) is 3.73. The van der Waals surface area contributed by atoms with Gasteiger partial charge in [-0.25, -0.2) is 0 Å². The Kier molecular flexibility index (Phi) is 3.17. The van der Waals surface area contributed by atoms with Crippen LogP contribution >= 0.6 is 11.8 Å². The van der Waals surface area contributed by atoms with Gasteiger partial charge in [-0.15, -0.1) is 0 Å². The normalized spacial score (nSPS) is 14.9. The Morgan fingerprint density at radius 1 is 1.60 bits per heavy atom. The van der Waals surface area contributed by atoms with Gasteiger partial charge < -0.3 is 5.73 Å². The van der Waals surface area contributed by atoms with Crippen LogP contribution in [-0.4, -0.2) is 16.6 Å². The van der Waals surface area contributed by atoms with Crippen molar-refractivity contribution in [3.63, 3.8) is 0 Å². The molecular formula is C4H7F3N2S. The summed E-state index contributed by atoms with van der Waals surface area (Å²) in [6, 6.07) is 0. The molecule has 6 heteroatoms. The number of nitrogens with one attached hydrogen (secondary N) is 1. The maximum atomic E-state index is 11.5. The lowest BCUT2D eigenvalue weighted by molar-refractivity contribution is -0.0561. The Balaban J connectivity index is 3.87. The SMILES string of the molecule is CC(N)SC(=N)C(F)(F)F. The summed E-state index contributed by atoms with van der Waals surface area (Å²) in [4.78, 5) is 0. The molecule has 0 saturated heterocycles. The molecule has 0 aromatic carbocycles. The van der Waals surface area contributed by atoms with Gasteiger partial charge in [-0.3, -0.25) is 5.41 Å². The van der Waals surface area contributed by atoms with Crippen molar-refractivity contribution in [1.29, 1.82) is 5.41 Å². The van der Waals surface area contributed by atoms with E-state index in [0.717, 1.165) is 0 Å². The van der Waals surface area contributed by atoms with Crippen LogP contribution < -0.4 is 5.73 Å². The van der Waals surface area contributed by atoms with E-state index in [-0.39, 0.29) is 0 Å². The van der Waals surface area contributed by atoms with Crippen molar-refractivity contribution in [2.75, 3.05) is 0 Å². The summed E-state index contributed by atoms with van der Waals surface area (Å²) in [5, 5.41) is 4.40. The van der Waals surface area contributed by atoms with Gasteiger partial charge in [-0.05, 0) is 6.92 Å². The predicted molar refractivity (Wildman–Crippen MR) is 35.0 cm³/mol. The van der Waals surface area contributed by atoms with Gasteiger partial charge in [0.15, 0.2) is 5.04 Å². The predicted octanol–water partition coefficient (Wildman–Crippen LogP) is 1.56. The van der Waals surface area contributed by atoms with Crippen molar-refractivity contribution >= 4 is 16.8 Å². The topological polar surface area (TPSA) is 49.9 Å². The van der Waals surface area contributed by atoms with Crippen LogP contribution in [0, 0.1) is 5.41 Å². The Labute approximate surface area is 60.5 Å². The van der Waals surface area contributed by atoms with Crippen LogP contribution in [0.25, 0.3) is 0 Å². The van der Waals surface area contributed by atoms with Gasteiger partial charge in [-0.2, -0.15) is 13.2 Å². The number of rotatable bonds is 1. The molecule has 0 aliphatic carbocycles. The molecular weight excluding hydrogens is 165 g/mol. The minimum Gasteiger partial charge on any atom is -0.319 e. The molecule has 0 fully saturated rings. The summed E-state index contributed by atoms with van der Waals surface area (Å²) in [6.07, 6.45) is -4.54. The molecule has 0 aliphatic rings. The van der Waals surface area contributed by atoms with E-state index in [2.05, 4.69) is 0 Å². The van der Waals surface area contributed by atoms with Crippen LogP contribution in [0.2, 0.25) is 0 Å². The summed E-state index contributed by atoms with van der Waals surface area (Å²) < 4.78 is 34.5. The van der Waals surface area contributed by atoms with Gasteiger partial charge in [0.2, 0.25) is 0 Å². The minimum absolute atomic E-state index is 0.297. The minimum atomic E-state index is -4.54. The first-order chi connectivity index (χ1) is 4.34. The lowest BCUT2D eigenvalue weighted by Crippen LogP contribution is -2.23. The molecule has 0 radical (unpaired) electrons. The van der Waals surface area contributed by atoms with Crippen molar-refractivity contribution < 1.29 is 13.2 Å². The summed E-state index contributed by atoms with van der Waals surface area (Å²) in [5.41, 5.74) is 5.01. The van der Waals surface area contributed by atoms with E-state index in [1.807, 2.05) is 0 Å². The third-order valence-electron chi connectivity index (χ3n) is 0.561. The fourth-order valence-corrected chi connectivity index (χ4v) is 0.758. The van der Waals surface area contributed by atoms with E-state index in [0.29, 0.717) is 11.8 Å². The molecule has 0 amide bonds. The second kappa shape index (κ2) is 3.25. The van der Waals surface area contributed by atoms with E-state index in [1.165, 1.54) is 6.92 Å². The summed E-state index contributed by atoms with van der Waals surface area (Å²) in [5.74, 6) is 0. The van der Waals surface area contributed by atoms with E-state index in [9.17, 15) is 13.2 Å². The molecule has 0 heterocycles. The van der Waals surface area contributed by atoms with Crippen molar-refractivity contribution in [1.82, 2.24) is 0 Å². The second-order valence-corrected chi connectivity index (χ2v) is 3.04. The van der Waals surface area contributed by atoms with Crippen LogP contribution in [-0.2, 0) is 0 Å². The first-order valence-corrected chi connectivity index (χ1v) is 3.30. The number of alkyl halides is 3. The van der Waals surface area contributed by atoms with Crippen LogP contribution in [0.4, 0.5) is 13.2 Å². The van der Waals surface area contributed by atoms with Crippen LogP contribution in [0.15, 0.2) is 0 Å². The highest BCUT2D eigenvalue weighted by molar-refractivity contribution is 8.14. The van der Waals surface area contributed by atoms with Crippen molar-refractivity contribution in [2.24, 2.45) is 5.73 Å². The Hall–Kier alpha value is -0.230. The highest BCUT2D eigenvalue weighted by Crippen LogP contribution is 2.24. The summed E-state index contributed by atoms with van der Waals surface area (Å²) >= 11 is 0.297. The summed E-state index contributed by atoms with van der Waals surface area (Å²) in [6.45, 7) is 1.39. The molecule has 1 unspecified atom stereocenters. The molecule has 2 nitrogen and oxygen atoms in total. The first kappa shape index (κ1) is 9.77. The maximum Gasteiger partial charge on any atom is 0.438 e. The van der Waals surface area contributed by atoms with E-state index in [4.69, 9.17) is 11.1 Å². The fourth-order valence-electron chi connectivity index (χ4n) is 0.253. The maximum absolute atomic E-state index is 11.5. The lowest BCUT2D eigenvalue weighted by atomic mass is 10.7. The third-order valence-corrected chi connectivity index (χ3v) is 1.40. The zero-order valence-electron chi connectivity index (χ0n) is 5.20. The molecule has 3 N–H and O–H groups in total. The van der Waals surface area contributed by atoms with Gasteiger partial charge in [0.1, 0.15) is 0 Å². The Morgan fingerprint density at radius 2 is 2.00 bits per heavy atom. The summed E-state index contributed by atoms with van der Waals surface area (Å²) in [7, 11) is 0. The number of nitrogens with two attached hydrogens (primary N) is 1. The number of hydrogen-bond donors (Lipinski definition) is 2. The van der Waals surface area contributed by atoms with Crippen molar-refractivity contribution in [3.05, 3.63) is 0 Å². The molecule has 60 valence electrons. The van der Waals surface area contributed by atoms with E-state index < -0.39 is 16.6 Å². The van der Waals surface area contributed by atoms with Gasteiger partial charge >= 0.3 is 6.18 Å². The molecule has 10 heavy (non-hydrogen) atoms. The largest absolute Gasteiger partial charge is 0.438 e. The molecule has 0 spiro atoms. The zero-order chi connectivity index (χ0) is 8.36. The number of halogens is 3. The zero-order valence-corrected chi connectivity index (χ0v) is 6.01. The smallest absolute Gasteiger partial charge is 0.319 e. The Bertz CT molecular complexity index is 131. The van der Waals surface area contributed by atoms with Gasteiger partial charge in [-0.1, -0.05) is 11.8 Å². The van der Waals surface area contributed by atoms with Crippen LogP contribution in [0.3, 0.4) is 0 Å². The molecule has 0 bridgehead atoms. The number of thioether (sulfide) groups is 1. The van der Waals surface area contributed by atoms with Gasteiger partial charge in [0.05, 0.1) is 5.37 Å². The van der Waals surface area contributed by atoms with E-state index >= 15 is 0 Å². The van der Waals surface area contributed by atoms with Gasteiger partial charge in [0.25, 0.3) is 0 Å². The number of hydrogen-bond acceptors (Lipinski definition) is 3. The molecule has 0 aliphatic heterocycles. The van der Waals surface area contributed by atoms with Crippen molar-refractivity contribution in [3.8, 4) is 0 Å².